The monoisotopic (exact) mass is 486 g/mol. The van der Waals surface area contributed by atoms with Gasteiger partial charge in [-0.05, 0) is 35.9 Å². The highest BCUT2D eigenvalue weighted by atomic mass is 32.2. The van der Waals surface area contributed by atoms with Gasteiger partial charge in [-0.3, -0.25) is 14.8 Å². The molecule has 0 spiro atoms. The highest BCUT2D eigenvalue weighted by Gasteiger charge is 2.44. The molecule has 2 amide bonds. The van der Waals surface area contributed by atoms with Gasteiger partial charge in [-0.1, -0.05) is 30.3 Å². The van der Waals surface area contributed by atoms with Crippen molar-refractivity contribution in [3.05, 3.63) is 76.7 Å². The summed E-state index contributed by atoms with van der Waals surface area (Å²) in [5.41, 5.74) is 3.39. The number of sulfonamides is 1. The molecule has 1 aromatic heterocycles. The molecule has 0 radical (unpaired) electrons. The quantitative estimate of drug-likeness (QED) is 0.364. The van der Waals surface area contributed by atoms with Crippen molar-refractivity contribution in [1.29, 1.82) is 0 Å². The van der Waals surface area contributed by atoms with Crippen molar-refractivity contribution in [2.45, 2.75) is 17.5 Å². The van der Waals surface area contributed by atoms with Gasteiger partial charge in [-0.25, -0.2) is 13.9 Å². The molecule has 172 valence electrons. The normalized spacial score (nSPS) is 15.5. The van der Waals surface area contributed by atoms with Gasteiger partial charge in [0.25, 0.3) is 11.8 Å². The van der Waals surface area contributed by atoms with E-state index in [-0.39, 0.29) is 17.3 Å². The summed E-state index contributed by atoms with van der Waals surface area (Å²) in [4.78, 5) is 27.4. The molecular formula is C22H22N4O5S2. The van der Waals surface area contributed by atoms with Crippen LogP contribution in [0.4, 0.5) is 10.7 Å². The first kappa shape index (κ1) is 22.9. The van der Waals surface area contributed by atoms with Crippen LogP contribution in [0.15, 0.2) is 65.6 Å². The summed E-state index contributed by atoms with van der Waals surface area (Å²) < 4.78 is 27.5. The Balaban J connectivity index is 1.57. The average Bonchev–Trinajstić information content (AvgIpc) is 3.31. The van der Waals surface area contributed by atoms with E-state index in [4.69, 9.17) is 0 Å². The second kappa shape index (κ2) is 8.94. The number of hydroxylamine groups is 1. The van der Waals surface area contributed by atoms with Crippen molar-refractivity contribution in [2.75, 3.05) is 24.3 Å². The van der Waals surface area contributed by atoms with E-state index in [9.17, 15) is 23.2 Å². The highest BCUT2D eigenvalue weighted by molar-refractivity contribution is 7.89. The summed E-state index contributed by atoms with van der Waals surface area (Å²) >= 11 is 1.14. The first-order valence-electron chi connectivity index (χ1n) is 9.94. The van der Waals surface area contributed by atoms with Gasteiger partial charge in [-0.2, -0.15) is 4.31 Å². The number of fused-ring (bicyclic) bond motifs is 1. The summed E-state index contributed by atoms with van der Waals surface area (Å²) in [5.74, 6) is -1.20. The maximum atomic E-state index is 13.2. The lowest BCUT2D eigenvalue weighted by Gasteiger charge is -2.25. The lowest BCUT2D eigenvalue weighted by Crippen LogP contribution is -2.39. The molecule has 4 rings (SSSR count). The molecule has 0 aliphatic carbocycles. The molecule has 33 heavy (non-hydrogen) atoms. The molecule has 11 heteroatoms. The Kier molecular flexibility index (Phi) is 6.21. The second-order valence-electron chi connectivity index (χ2n) is 7.63. The largest absolute Gasteiger partial charge is 0.378 e. The van der Waals surface area contributed by atoms with Crippen LogP contribution < -0.4 is 15.7 Å². The topological polar surface area (TPSA) is 119 Å². The molecule has 3 N–H and O–H groups in total. The molecule has 1 aliphatic rings. The Bertz CT molecular complexity index is 1290. The first-order chi connectivity index (χ1) is 15.7. The van der Waals surface area contributed by atoms with Gasteiger partial charge in [-0.15, -0.1) is 11.3 Å². The van der Waals surface area contributed by atoms with Gasteiger partial charge in [0.2, 0.25) is 10.0 Å². The summed E-state index contributed by atoms with van der Waals surface area (Å²) in [7, 11) is -0.226. The van der Waals surface area contributed by atoms with E-state index in [1.54, 1.807) is 47.9 Å². The van der Waals surface area contributed by atoms with Crippen LogP contribution in [-0.2, 0) is 21.4 Å². The van der Waals surface area contributed by atoms with Crippen molar-refractivity contribution in [3.8, 4) is 0 Å². The van der Waals surface area contributed by atoms with Crippen molar-refractivity contribution in [1.82, 2.24) is 9.79 Å². The minimum Gasteiger partial charge on any atom is -0.378 e. The molecule has 0 fully saturated rings. The maximum Gasteiger partial charge on any atom is 0.266 e. The summed E-state index contributed by atoms with van der Waals surface area (Å²) in [6.07, 6.45) is 0. The minimum absolute atomic E-state index is 0.0393. The zero-order chi connectivity index (χ0) is 23.8. The van der Waals surface area contributed by atoms with Gasteiger partial charge < -0.3 is 10.2 Å². The molecular weight excluding hydrogens is 464 g/mol. The predicted molar refractivity (Wildman–Crippen MR) is 125 cm³/mol. The summed E-state index contributed by atoms with van der Waals surface area (Å²) in [6.45, 7) is -0.0529. The van der Waals surface area contributed by atoms with Gasteiger partial charge >= 0.3 is 0 Å². The fourth-order valence-corrected chi connectivity index (χ4v) is 6.84. The third kappa shape index (κ3) is 4.35. The molecule has 0 saturated carbocycles. The molecule has 0 saturated heterocycles. The van der Waals surface area contributed by atoms with E-state index in [0.717, 1.165) is 21.3 Å². The van der Waals surface area contributed by atoms with E-state index >= 15 is 0 Å². The van der Waals surface area contributed by atoms with Crippen LogP contribution in [0.5, 0.6) is 0 Å². The highest BCUT2D eigenvalue weighted by Crippen LogP contribution is 2.43. The lowest BCUT2D eigenvalue weighted by molar-refractivity contribution is -0.133. The SMILES string of the molecule is CN(C)c1ccc(C(=O)Nc2cc3c(s2)CN([C@@H](C(=O)NO)c2ccccc2)S3(=O)=O)cc1. The Morgan fingerprint density at radius 1 is 1.09 bits per heavy atom. The minimum atomic E-state index is -4.03. The van der Waals surface area contributed by atoms with Crippen LogP contribution in [0.3, 0.4) is 0 Å². The first-order valence-corrected chi connectivity index (χ1v) is 12.2. The van der Waals surface area contributed by atoms with Crippen molar-refractivity contribution in [2.24, 2.45) is 0 Å². The van der Waals surface area contributed by atoms with Crippen LogP contribution in [0.25, 0.3) is 0 Å². The predicted octanol–water partition coefficient (Wildman–Crippen LogP) is 2.82. The third-order valence-corrected chi connectivity index (χ3v) is 8.34. The third-order valence-electron chi connectivity index (χ3n) is 5.30. The van der Waals surface area contributed by atoms with Gasteiger partial charge in [0.1, 0.15) is 6.04 Å². The summed E-state index contributed by atoms with van der Waals surface area (Å²) in [5, 5.41) is 12.3. The van der Waals surface area contributed by atoms with E-state index in [1.165, 1.54) is 6.07 Å². The van der Waals surface area contributed by atoms with Crippen molar-refractivity contribution < 1.29 is 23.2 Å². The molecule has 3 aromatic rings. The number of nitrogens with one attached hydrogen (secondary N) is 2. The molecule has 1 aliphatic heterocycles. The second-order valence-corrected chi connectivity index (χ2v) is 10.6. The van der Waals surface area contributed by atoms with Crippen molar-refractivity contribution in [3.63, 3.8) is 0 Å². The van der Waals surface area contributed by atoms with Crippen LogP contribution in [0, 0.1) is 0 Å². The molecule has 2 heterocycles. The van der Waals surface area contributed by atoms with E-state index in [2.05, 4.69) is 5.32 Å². The number of rotatable bonds is 6. The fourth-order valence-electron chi connectivity index (χ4n) is 3.62. The van der Waals surface area contributed by atoms with Gasteiger partial charge in [0, 0.05) is 30.2 Å². The molecule has 9 nitrogen and oxygen atoms in total. The Labute approximate surface area is 195 Å². The zero-order valence-corrected chi connectivity index (χ0v) is 19.5. The zero-order valence-electron chi connectivity index (χ0n) is 17.8. The molecule has 0 bridgehead atoms. The van der Waals surface area contributed by atoms with E-state index in [0.29, 0.717) is 21.0 Å². The van der Waals surface area contributed by atoms with Crippen LogP contribution in [0.1, 0.15) is 26.8 Å². The van der Waals surface area contributed by atoms with Crippen molar-refractivity contribution >= 4 is 43.9 Å². The number of anilines is 2. The Morgan fingerprint density at radius 2 is 1.76 bits per heavy atom. The van der Waals surface area contributed by atoms with Crippen LogP contribution >= 0.6 is 11.3 Å². The number of carbonyl (C=O) groups is 2. The van der Waals surface area contributed by atoms with E-state index < -0.39 is 22.0 Å². The van der Waals surface area contributed by atoms with E-state index in [1.807, 2.05) is 31.1 Å². The standard InChI is InChI=1S/C22H22N4O5S2/c1-25(2)16-10-8-15(9-11-16)21(27)23-19-12-18-17(32-19)13-26(33(18,30)31)20(22(28)24-29)14-6-4-3-5-7-14/h3-12,20,29H,13H2,1-2H3,(H,23,27)(H,24,28)/t20-/m1/s1. The van der Waals surface area contributed by atoms with Crippen LogP contribution in [0.2, 0.25) is 0 Å². The average molecular weight is 487 g/mol. The van der Waals surface area contributed by atoms with Gasteiger partial charge in [0.15, 0.2) is 0 Å². The Morgan fingerprint density at radius 3 is 2.33 bits per heavy atom. The molecule has 0 unspecified atom stereocenters. The number of hydrogen-bond acceptors (Lipinski definition) is 7. The number of thiophene rings is 1. The molecule has 1 atom stereocenters. The number of nitrogens with zero attached hydrogens (tertiary/aromatic N) is 2. The molecule has 2 aromatic carbocycles. The van der Waals surface area contributed by atoms with Crippen LogP contribution in [-0.4, -0.2) is 43.8 Å². The fraction of sp³-hybridized carbons (Fsp3) is 0.182. The summed E-state index contributed by atoms with van der Waals surface area (Å²) in [6, 6.07) is 15.6. The lowest BCUT2D eigenvalue weighted by atomic mass is 10.1. The number of amides is 2. The van der Waals surface area contributed by atoms with Gasteiger partial charge in [0.05, 0.1) is 16.4 Å². The number of benzene rings is 2. The Hall–Kier alpha value is -3.25. The number of hydrogen-bond donors (Lipinski definition) is 3. The maximum absolute atomic E-state index is 13.2. The number of carbonyl (C=O) groups excluding carboxylic acids is 2. The smallest absolute Gasteiger partial charge is 0.266 e.